The zero-order valence-corrected chi connectivity index (χ0v) is 17.2. The van der Waals surface area contributed by atoms with Crippen LogP contribution in [0.3, 0.4) is 0 Å². The Morgan fingerprint density at radius 2 is 1.76 bits per heavy atom. The van der Waals surface area contributed by atoms with E-state index in [1.807, 2.05) is 27.7 Å². The van der Waals surface area contributed by atoms with Gasteiger partial charge in [0.2, 0.25) is 11.8 Å². The Labute approximate surface area is 156 Å². The summed E-state index contributed by atoms with van der Waals surface area (Å²) in [7, 11) is 0. The first-order valence-corrected chi connectivity index (χ1v) is 10.2. The third kappa shape index (κ3) is 7.99. The van der Waals surface area contributed by atoms with E-state index in [0.717, 1.165) is 23.4 Å². The second-order valence-corrected chi connectivity index (χ2v) is 8.05. The van der Waals surface area contributed by atoms with Gasteiger partial charge in [-0.2, -0.15) is 0 Å². The highest BCUT2D eigenvalue weighted by molar-refractivity contribution is 7.15. The fraction of sp³-hybridized carbons (Fsp3) is 0.737. The second kappa shape index (κ2) is 11.2. The highest BCUT2D eigenvalue weighted by Gasteiger charge is 2.20. The predicted molar refractivity (Wildman–Crippen MR) is 105 cm³/mol. The second-order valence-electron chi connectivity index (χ2n) is 6.84. The van der Waals surface area contributed by atoms with E-state index in [-0.39, 0.29) is 24.4 Å². The van der Waals surface area contributed by atoms with E-state index < -0.39 is 0 Å². The Bertz CT molecular complexity index is 535. The van der Waals surface area contributed by atoms with Crippen LogP contribution in [0.2, 0.25) is 0 Å². The number of unbranched alkanes of at least 4 members (excludes halogenated alkanes) is 5. The molecule has 142 valence electrons. The molecule has 1 aromatic heterocycles. The van der Waals surface area contributed by atoms with Gasteiger partial charge in [-0.1, -0.05) is 39.0 Å². The van der Waals surface area contributed by atoms with Crippen LogP contribution in [0, 0.1) is 13.8 Å². The number of nitrogens with one attached hydrogen (secondary N) is 1. The number of amides is 2. The van der Waals surface area contributed by atoms with Gasteiger partial charge in [-0.05, 0) is 34.1 Å². The minimum absolute atomic E-state index is 0.0121. The van der Waals surface area contributed by atoms with Crippen molar-refractivity contribution in [3.63, 3.8) is 0 Å². The van der Waals surface area contributed by atoms with Crippen molar-refractivity contribution >= 4 is 28.3 Å². The van der Waals surface area contributed by atoms with Gasteiger partial charge >= 0.3 is 0 Å². The smallest absolute Gasteiger partial charge is 0.245 e. The van der Waals surface area contributed by atoms with Gasteiger partial charge in [-0.25, -0.2) is 4.98 Å². The van der Waals surface area contributed by atoms with E-state index in [1.165, 1.54) is 37.0 Å². The molecule has 0 fully saturated rings. The monoisotopic (exact) mass is 367 g/mol. The molecule has 1 heterocycles. The number of carbonyl (C=O) groups is 2. The molecule has 0 saturated carbocycles. The molecule has 1 N–H and O–H groups in total. The van der Waals surface area contributed by atoms with Crippen molar-refractivity contribution in [2.24, 2.45) is 0 Å². The van der Waals surface area contributed by atoms with Gasteiger partial charge in [0, 0.05) is 17.3 Å². The molecule has 5 nitrogen and oxygen atoms in total. The molecule has 2 amide bonds. The van der Waals surface area contributed by atoms with Crippen LogP contribution in [0.4, 0.5) is 5.13 Å². The molecular weight excluding hydrogens is 334 g/mol. The lowest BCUT2D eigenvalue weighted by Gasteiger charge is -2.26. The van der Waals surface area contributed by atoms with Crippen LogP contribution >= 0.6 is 11.3 Å². The van der Waals surface area contributed by atoms with Crippen LogP contribution in [-0.4, -0.2) is 34.3 Å². The summed E-state index contributed by atoms with van der Waals surface area (Å²) in [6.07, 6.45) is 7.43. The summed E-state index contributed by atoms with van der Waals surface area (Å²) < 4.78 is 0. The van der Waals surface area contributed by atoms with Crippen LogP contribution in [0.15, 0.2) is 0 Å². The lowest BCUT2D eigenvalue weighted by atomic mass is 10.1. The number of nitrogens with zero attached hydrogens (tertiary/aromatic N) is 2. The first-order valence-electron chi connectivity index (χ1n) is 9.38. The Kier molecular flexibility index (Phi) is 9.71. The topological polar surface area (TPSA) is 62.3 Å². The largest absolute Gasteiger partial charge is 0.331 e. The van der Waals surface area contributed by atoms with Crippen LogP contribution in [0.5, 0.6) is 0 Å². The molecule has 0 aliphatic heterocycles. The lowest BCUT2D eigenvalue weighted by molar-refractivity contribution is -0.136. The number of aryl methyl sites for hydroxylation is 2. The summed E-state index contributed by atoms with van der Waals surface area (Å²) in [5.41, 5.74) is 0.931. The number of anilines is 1. The Morgan fingerprint density at radius 1 is 1.12 bits per heavy atom. The maximum atomic E-state index is 12.5. The third-order valence-corrected chi connectivity index (χ3v) is 5.27. The molecule has 0 unspecified atom stereocenters. The van der Waals surface area contributed by atoms with Crippen LogP contribution in [-0.2, 0) is 9.59 Å². The van der Waals surface area contributed by atoms with Crippen molar-refractivity contribution in [3.8, 4) is 0 Å². The average molecular weight is 368 g/mol. The summed E-state index contributed by atoms with van der Waals surface area (Å²) in [5.74, 6) is -0.120. The summed E-state index contributed by atoms with van der Waals surface area (Å²) in [5, 5.41) is 3.41. The standard InChI is InChI=1S/C19H33N3O2S/c1-6-7-8-9-10-11-12-18(24)22(14(2)3)13-17(23)21-19-20-15(4)16(5)25-19/h14H,6-13H2,1-5H3,(H,20,21,23). The van der Waals surface area contributed by atoms with Crippen molar-refractivity contribution in [2.45, 2.75) is 85.6 Å². The van der Waals surface area contributed by atoms with E-state index in [2.05, 4.69) is 17.2 Å². The van der Waals surface area contributed by atoms with Crippen molar-refractivity contribution in [1.29, 1.82) is 0 Å². The molecular formula is C19H33N3O2S. The summed E-state index contributed by atoms with van der Waals surface area (Å²) >= 11 is 1.46. The number of carbonyl (C=O) groups excluding carboxylic acids is 2. The molecule has 1 aromatic rings. The molecule has 1 rings (SSSR count). The molecule has 0 spiro atoms. The van der Waals surface area contributed by atoms with Gasteiger partial charge in [0.25, 0.3) is 0 Å². The van der Waals surface area contributed by atoms with E-state index >= 15 is 0 Å². The van der Waals surface area contributed by atoms with Crippen molar-refractivity contribution in [3.05, 3.63) is 10.6 Å². The van der Waals surface area contributed by atoms with Crippen molar-refractivity contribution in [1.82, 2.24) is 9.88 Å². The normalized spacial score (nSPS) is 11.0. The highest BCUT2D eigenvalue weighted by atomic mass is 32.1. The summed E-state index contributed by atoms with van der Waals surface area (Å²) in [4.78, 5) is 31.8. The van der Waals surface area contributed by atoms with Gasteiger partial charge in [-0.15, -0.1) is 11.3 Å². The zero-order valence-electron chi connectivity index (χ0n) is 16.4. The van der Waals surface area contributed by atoms with Crippen LogP contribution < -0.4 is 5.32 Å². The van der Waals surface area contributed by atoms with Crippen LogP contribution in [0.1, 0.15) is 76.3 Å². The molecule has 0 radical (unpaired) electrons. The van der Waals surface area contributed by atoms with Crippen molar-refractivity contribution in [2.75, 3.05) is 11.9 Å². The average Bonchev–Trinajstić information content (AvgIpc) is 2.85. The van der Waals surface area contributed by atoms with Gasteiger partial charge in [0.1, 0.15) is 6.54 Å². The Balaban J connectivity index is 2.44. The summed E-state index contributed by atoms with van der Waals surface area (Å²) in [6.45, 7) is 10.1. The molecule has 0 saturated heterocycles. The summed E-state index contributed by atoms with van der Waals surface area (Å²) in [6, 6.07) is 0.0121. The quantitative estimate of drug-likeness (QED) is 0.577. The number of hydrogen-bond acceptors (Lipinski definition) is 4. The minimum Gasteiger partial charge on any atom is -0.331 e. The van der Waals surface area contributed by atoms with Crippen molar-refractivity contribution < 1.29 is 9.59 Å². The maximum absolute atomic E-state index is 12.5. The highest BCUT2D eigenvalue weighted by Crippen LogP contribution is 2.21. The van der Waals surface area contributed by atoms with Gasteiger partial charge in [0.05, 0.1) is 5.69 Å². The fourth-order valence-corrected chi connectivity index (χ4v) is 3.43. The number of rotatable bonds is 11. The lowest BCUT2D eigenvalue weighted by Crippen LogP contribution is -2.42. The fourth-order valence-electron chi connectivity index (χ4n) is 2.60. The maximum Gasteiger partial charge on any atom is 0.245 e. The van der Waals surface area contributed by atoms with E-state index in [1.54, 1.807) is 4.90 Å². The number of aromatic nitrogens is 1. The Morgan fingerprint density at radius 3 is 2.32 bits per heavy atom. The first-order chi connectivity index (χ1) is 11.8. The molecule has 0 aliphatic carbocycles. The Hall–Kier alpha value is -1.43. The SMILES string of the molecule is CCCCCCCCC(=O)N(CC(=O)Nc1nc(C)c(C)s1)C(C)C. The van der Waals surface area contributed by atoms with E-state index in [0.29, 0.717) is 11.6 Å². The third-order valence-electron chi connectivity index (χ3n) is 4.28. The zero-order chi connectivity index (χ0) is 18.8. The molecule has 0 atom stereocenters. The molecule has 6 heteroatoms. The molecule has 0 bridgehead atoms. The minimum atomic E-state index is -0.182. The van der Waals surface area contributed by atoms with E-state index in [9.17, 15) is 9.59 Å². The van der Waals surface area contributed by atoms with Gasteiger partial charge in [-0.3, -0.25) is 9.59 Å². The predicted octanol–water partition coefficient (Wildman–Crippen LogP) is 4.69. The molecule has 25 heavy (non-hydrogen) atoms. The van der Waals surface area contributed by atoms with Gasteiger partial charge in [0.15, 0.2) is 5.13 Å². The van der Waals surface area contributed by atoms with E-state index in [4.69, 9.17) is 0 Å². The van der Waals surface area contributed by atoms with Gasteiger partial charge < -0.3 is 10.2 Å². The van der Waals surface area contributed by atoms with Crippen LogP contribution in [0.25, 0.3) is 0 Å². The molecule has 0 aromatic carbocycles. The number of hydrogen-bond donors (Lipinski definition) is 1. The number of thiazole rings is 1. The first kappa shape index (κ1) is 21.6. The molecule has 0 aliphatic rings.